The molecule has 0 bridgehead atoms. The lowest BCUT2D eigenvalue weighted by Gasteiger charge is -2.02. The quantitative estimate of drug-likeness (QED) is 0.880. The van der Waals surface area contributed by atoms with Crippen LogP contribution in [0.2, 0.25) is 0 Å². The van der Waals surface area contributed by atoms with Crippen LogP contribution in [0.5, 0.6) is 0 Å². The monoisotopic (exact) mass is 257 g/mol. The van der Waals surface area contributed by atoms with Crippen LogP contribution in [0.3, 0.4) is 0 Å². The van der Waals surface area contributed by atoms with Crippen molar-refractivity contribution in [2.75, 3.05) is 6.54 Å². The van der Waals surface area contributed by atoms with Crippen LogP contribution in [0, 0.1) is 11.3 Å². The molecule has 1 saturated carbocycles. The molecule has 78 valence electrons. The van der Waals surface area contributed by atoms with Crippen LogP contribution in [0.1, 0.15) is 25.5 Å². The van der Waals surface area contributed by atoms with Crippen molar-refractivity contribution in [3.8, 4) is 0 Å². The van der Waals surface area contributed by atoms with E-state index < -0.39 is 0 Å². The summed E-state index contributed by atoms with van der Waals surface area (Å²) in [4.78, 5) is 0. The van der Waals surface area contributed by atoms with Crippen molar-refractivity contribution in [3.05, 3.63) is 16.4 Å². The number of hydrogen-bond acceptors (Lipinski definition) is 2. The van der Waals surface area contributed by atoms with Crippen LogP contribution in [-0.4, -0.2) is 16.3 Å². The Hall–Kier alpha value is -0.350. The van der Waals surface area contributed by atoms with Gasteiger partial charge in [0.05, 0.1) is 0 Å². The highest BCUT2D eigenvalue weighted by atomic mass is 79.9. The number of rotatable bonds is 2. The average Bonchev–Trinajstić information content (AvgIpc) is 2.46. The van der Waals surface area contributed by atoms with Gasteiger partial charge >= 0.3 is 0 Å². The maximum Gasteiger partial charge on any atom is 0.128 e. The SMILES string of the molecule is Cn1nc(Br)cc1[C@H]1[C@H](CN)C1(C)C. The number of aromatic nitrogens is 2. The first kappa shape index (κ1) is 10.2. The lowest BCUT2D eigenvalue weighted by atomic mass is 10.1. The Morgan fingerprint density at radius 3 is 2.64 bits per heavy atom. The summed E-state index contributed by atoms with van der Waals surface area (Å²) in [6.45, 7) is 5.31. The highest BCUT2D eigenvalue weighted by molar-refractivity contribution is 9.10. The Labute approximate surface area is 92.8 Å². The second-order valence-corrected chi connectivity index (χ2v) is 5.47. The maximum absolute atomic E-state index is 5.75. The Morgan fingerprint density at radius 2 is 2.29 bits per heavy atom. The van der Waals surface area contributed by atoms with Crippen LogP contribution in [0.15, 0.2) is 10.7 Å². The first-order chi connectivity index (χ1) is 6.48. The fourth-order valence-electron chi connectivity index (χ4n) is 2.51. The molecule has 1 heterocycles. The minimum Gasteiger partial charge on any atom is -0.330 e. The molecule has 0 spiro atoms. The molecule has 0 amide bonds. The molecule has 3 nitrogen and oxygen atoms in total. The molecule has 1 aliphatic carbocycles. The van der Waals surface area contributed by atoms with E-state index in [4.69, 9.17) is 5.73 Å². The van der Waals surface area contributed by atoms with Crippen LogP contribution in [-0.2, 0) is 7.05 Å². The maximum atomic E-state index is 5.75. The number of nitrogens with zero attached hydrogens (tertiary/aromatic N) is 2. The Morgan fingerprint density at radius 1 is 1.64 bits per heavy atom. The predicted molar refractivity (Wildman–Crippen MR) is 60.0 cm³/mol. The van der Waals surface area contributed by atoms with E-state index in [2.05, 4.69) is 40.9 Å². The van der Waals surface area contributed by atoms with E-state index in [1.807, 2.05) is 11.7 Å². The summed E-state index contributed by atoms with van der Waals surface area (Å²) < 4.78 is 2.86. The van der Waals surface area contributed by atoms with Gasteiger partial charge in [0.2, 0.25) is 0 Å². The third kappa shape index (κ3) is 1.32. The number of hydrogen-bond donors (Lipinski definition) is 1. The Balaban J connectivity index is 2.30. The third-order valence-corrected chi connectivity index (χ3v) is 3.90. The summed E-state index contributed by atoms with van der Waals surface area (Å²) in [6.07, 6.45) is 0. The molecule has 0 aliphatic heterocycles. The summed E-state index contributed by atoms with van der Waals surface area (Å²) in [6, 6.07) is 2.10. The van der Waals surface area contributed by atoms with E-state index in [1.165, 1.54) is 5.69 Å². The van der Waals surface area contributed by atoms with Gasteiger partial charge in [-0.1, -0.05) is 13.8 Å². The zero-order valence-electron chi connectivity index (χ0n) is 8.79. The standard InChI is InChI=1S/C10H16BrN3/c1-10(2)6(5-12)9(10)7-4-8(11)13-14(7)3/h4,6,9H,5,12H2,1-3H3/t6-,9+/m0/s1. The smallest absolute Gasteiger partial charge is 0.128 e. The molecule has 1 fully saturated rings. The largest absolute Gasteiger partial charge is 0.330 e. The van der Waals surface area contributed by atoms with Gasteiger partial charge in [0.15, 0.2) is 0 Å². The van der Waals surface area contributed by atoms with E-state index in [1.54, 1.807) is 0 Å². The first-order valence-corrected chi connectivity index (χ1v) is 5.67. The minimum atomic E-state index is 0.335. The van der Waals surface area contributed by atoms with Crippen molar-refractivity contribution in [1.29, 1.82) is 0 Å². The molecule has 0 unspecified atom stereocenters. The van der Waals surface area contributed by atoms with E-state index >= 15 is 0 Å². The molecule has 4 heteroatoms. The summed E-state index contributed by atoms with van der Waals surface area (Å²) in [5, 5.41) is 4.30. The van der Waals surface area contributed by atoms with Crippen molar-refractivity contribution in [1.82, 2.24) is 9.78 Å². The molecule has 1 aliphatic rings. The number of aryl methyl sites for hydroxylation is 1. The fraction of sp³-hybridized carbons (Fsp3) is 0.700. The molecule has 1 aromatic rings. The molecule has 2 atom stereocenters. The highest BCUT2D eigenvalue weighted by Crippen LogP contribution is 2.63. The van der Waals surface area contributed by atoms with Gasteiger partial charge in [0, 0.05) is 18.7 Å². The molecule has 14 heavy (non-hydrogen) atoms. The zero-order valence-corrected chi connectivity index (χ0v) is 10.4. The van der Waals surface area contributed by atoms with Gasteiger partial charge in [-0.2, -0.15) is 5.10 Å². The zero-order chi connectivity index (χ0) is 10.5. The van der Waals surface area contributed by atoms with Crippen molar-refractivity contribution in [2.24, 2.45) is 24.1 Å². The highest BCUT2D eigenvalue weighted by Gasteiger charge is 2.58. The van der Waals surface area contributed by atoms with E-state index in [-0.39, 0.29) is 0 Å². The second-order valence-electron chi connectivity index (χ2n) is 4.66. The van der Waals surface area contributed by atoms with Gasteiger partial charge in [0.1, 0.15) is 4.60 Å². The van der Waals surface area contributed by atoms with E-state index in [9.17, 15) is 0 Å². The molecule has 2 N–H and O–H groups in total. The molecule has 2 rings (SSSR count). The van der Waals surface area contributed by atoms with Crippen LogP contribution in [0.25, 0.3) is 0 Å². The van der Waals surface area contributed by atoms with Gasteiger partial charge in [0.25, 0.3) is 0 Å². The van der Waals surface area contributed by atoms with Gasteiger partial charge in [-0.25, -0.2) is 0 Å². The first-order valence-electron chi connectivity index (χ1n) is 4.88. The topological polar surface area (TPSA) is 43.8 Å². The second kappa shape index (κ2) is 3.07. The molecule has 1 aromatic heterocycles. The lowest BCUT2D eigenvalue weighted by molar-refractivity contribution is 0.553. The van der Waals surface area contributed by atoms with E-state index in [0.717, 1.165) is 11.1 Å². The Kier molecular flexibility index (Phi) is 2.23. The summed E-state index contributed by atoms with van der Waals surface area (Å²) >= 11 is 3.40. The lowest BCUT2D eigenvalue weighted by Crippen LogP contribution is -2.05. The summed E-state index contributed by atoms with van der Waals surface area (Å²) in [5.74, 6) is 1.17. The predicted octanol–water partition coefficient (Wildman–Crippen LogP) is 1.88. The van der Waals surface area contributed by atoms with Crippen LogP contribution >= 0.6 is 15.9 Å². The summed E-state index contributed by atoms with van der Waals surface area (Å²) in [5.41, 5.74) is 7.38. The van der Waals surface area contributed by atoms with Gasteiger partial charge in [-0.3, -0.25) is 4.68 Å². The van der Waals surface area contributed by atoms with E-state index in [0.29, 0.717) is 17.3 Å². The van der Waals surface area contributed by atoms with Gasteiger partial charge in [-0.05, 0) is 39.9 Å². The van der Waals surface area contributed by atoms with Crippen LogP contribution < -0.4 is 5.73 Å². The van der Waals surface area contributed by atoms with Crippen LogP contribution in [0.4, 0.5) is 0 Å². The number of halogens is 1. The molecule has 0 aromatic carbocycles. The minimum absolute atomic E-state index is 0.335. The van der Waals surface area contributed by atoms with Crippen molar-refractivity contribution in [3.63, 3.8) is 0 Å². The molecular weight excluding hydrogens is 242 g/mol. The van der Waals surface area contributed by atoms with Crippen molar-refractivity contribution in [2.45, 2.75) is 19.8 Å². The van der Waals surface area contributed by atoms with Crippen molar-refractivity contribution < 1.29 is 0 Å². The Bertz CT molecular complexity index is 356. The molecule has 0 radical (unpaired) electrons. The van der Waals surface area contributed by atoms with Gasteiger partial charge < -0.3 is 5.73 Å². The average molecular weight is 258 g/mol. The molecular formula is C10H16BrN3. The summed E-state index contributed by atoms with van der Waals surface area (Å²) in [7, 11) is 1.99. The van der Waals surface area contributed by atoms with Gasteiger partial charge in [-0.15, -0.1) is 0 Å². The molecule has 0 saturated heterocycles. The number of nitrogens with two attached hydrogens (primary N) is 1. The normalized spacial score (nSPS) is 29.2. The van der Waals surface area contributed by atoms with Crippen molar-refractivity contribution >= 4 is 15.9 Å². The fourth-order valence-corrected chi connectivity index (χ4v) is 2.98. The third-order valence-electron chi connectivity index (χ3n) is 3.51.